The number of fused-ring (bicyclic) bond motifs is 1. The SMILES string of the molecule is CCCCN(CC)c1ncnc2scc(-c3ccc(-c4ccccc4)cc3)c12. The number of benzene rings is 2. The standard InChI is InChI=1S/C24H25N3S/c1-3-5-15-27(4-2)23-22-21(16-28-24(22)26-17-25-23)20-13-11-19(12-14-20)18-9-7-6-8-10-18/h6-14,16-17H,3-5,15H2,1-2H3. The highest BCUT2D eigenvalue weighted by atomic mass is 32.1. The molecule has 0 unspecified atom stereocenters. The van der Waals surface area contributed by atoms with Crippen LogP contribution in [0, 0.1) is 0 Å². The fourth-order valence-corrected chi connectivity index (χ4v) is 4.46. The van der Waals surface area contributed by atoms with Gasteiger partial charge in [-0.05, 0) is 30.0 Å². The minimum Gasteiger partial charge on any atom is -0.356 e. The lowest BCUT2D eigenvalue weighted by molar-refractivity contribution is 0.726. The van der Waals surface area contributed by atoms with Gasteiger partial charge in [0.2, 0.25) is 0 Å². The van der Waals surface area contributed by atoms with E-state index >= 15 is 0 Å². The van der Waals surface area contributed by atoms with Crippen molar-refractivity contribution in [1.82, 2.24) is 9.97 Å². The Morgan fingerprint density at radius 3 is 2.29 bits per heavy atom. The molecule has 0 fully saturated rings. The summed E-state index contributed by atoms with van der Waals surface area (Å²) in [7, 11) is 0. The Balaban J connectivity index is 1.75. The fraction of sp³-hybridized carbons (Fsp3) is 0.250. The first kappa shape index (κ1) is 18.6. The van der Waals surface area contributed by atoms with Crippen LogP contribution in [-0.2, 0) is 0 Å². The van der Waals surface area contributed by atoms with E-state index in [2.05, 4.69) is 88.7 Å². The molecule has 4 rings (SSSR count). The maximum Gasteiger partial charge on any atom is 0.141 e. The molecule has 0 amide bonds. The molecule has 0 radical (unpaired) electrons. The van der Waals surface area contributed by atoms with Gasteiger partial charge in [0.25, 0.3) is 0 Å². The van der Waals surface area contributed by atoms with Crippen LogP contribution >= 0.6 is 11.3 Å². The van der Waals surface area contributed by atoms with Crippen LogP contribution < -0.4 is 4.90 Å². The van der Waals surface area contributed by atoms with Gasteiger partial charge in [0, 0.05) is 24.0 Å². The fourth-order valence-electron chi connectivity index (χ4n) is 3.55. The van der Waals surface area contributed by atoms with Crippen molar-refractivity contribution < 1.29 is 0 Å². The van der Waals surface area contributed by atoms with Gasteiger partial charge in [-0.2, -0.15) is 0 Å². The number of aromatic nitrogens is 2. The molecule has 0 aliphatic rings. The van der Waals surface area contributed by atoms with Gasteiger partial charge < -0.3 is 4.90 Å². The molecule has 0 saturated heterocycles. The number of rotatable bonds is 7. The van der Waals surface area contributed by atoms with Gasteiger partial charge in [-0.15, -0.1) is 11.3 Å². The summed E-state index contributed by atoms with van der Waals surface area (Å²) in [6.07, 6.45) is 4.05. The first-order valence-electron chi connectivity index (χ1n) is 9.94. The third kappa shape index (κ3) is 3.65. The van der Waals surface area contributed by atoms with Crippen molar-refractivity contribution >= 4 is 27.4 Å². The zero-order chi connectivity index (χ0) is 19.3. The maximum absolute atomic E-state index is 4.68. The van der Waals surface area contributed by atoms with Crippen molar-refractivity contribution in [3.8, 4) is 22.3 Å². The first-order valence-corrected chi connectivity index (χ1v) is 10.8. The summed E-state index contributed by atoms with van der Waals surface area (Å²) in [4.78, 5) is 12.6. The molecular formula is C24H25N3S. The molecule has 2 aromatic carbocycles. The Labute approximate surface area is 170 Å². The second-order valence-electron chi connectivity index (χ2n) is 6.90. The summed E-state index contributed by atoms with van der Waals surface area (Å²) in [5, 5.41) is 3.39. The molecule has 4 heteroatoms. The lowest BCUT2D eigenvalue weighted by Gasteiger charge is -2.22. The summed E-state index contributed by atoms with van der Waals surface area (Å²) >= 11 is 1.70. The van der Waals surface area contributed by atoms with Gasteiger partial charge in [0.1, 0.15) is 17.0 Å². The van der Waals surface area contributed by atoms with Crippen LogP contribution in [0.5, 0.6) is 0 Å². The normalized spacial score (nSPS) is 11.1. The average molecular weight is 388 g/mol. The van der Waals surface area contributed by atoms with Crippen LogP contribution in [0.1, 0.15) is 26.7 Å². The van der Waals surface area contributed by atoms with Gasteiger partial charge in [-0.1, -0.05) is 67.9 Å². The minimum atomic E-state index is 0.953. The Hall–Kier alpha value is -2.72. The van der Waals surface area contributed by atoms with E-state index in [1.54, 1.807) is 17.7 Å². The van der Waals surface area contributed by atoms with E-state index in [-0.39, 0.29) is 0 Å². The second-order valence-corrected chi connectivity index (χ2v) is 7.76. The molecule has 0 N–H and O–H groups in total. The van der Waals surface area contributed by atoms with Gasteiger partial charge in [0.05, 0.1) is 5.39 Å². The number of hydrogen-bond acceptors (Lipinski definition) is 4. The van der Waals surface area contributed by atoms with Crippen molar-refractivity contribution in [3.05, 3.63) is 66.3 Å². The van der Waals surface area contributed by atoms with Crippen molar-refractivity contribution in [1.29, 1.82) is 0 Å². The summed E-state index contributed by atoms with van der Waals surface area (Å²) in [5.74, 6) is 1.06. The molecular weight excluding hydrogens is 362 g/mol. The van der Waals surface area contributed by atoms with Crippen molar-refractivity contribution in [2.75, 3.05) is 18.0 Å². The minimum absolute atomic E-state index is 0.953. The number of unbranched alkanes of at least 4 members (excludes halogenated alkanes) is 1. The molecule has 4 aromatic rings. The Bertz CT molecular complexity index is 1040. The molecule has 2 heterocycles. The number of thiophene rings is 1. The highest BCUT2D eigenvalue weighted by Crippen LogP contribution is 2.38. The topological polar surface area (TPSA) is 29.0 Å². The van der Waals surface area contributed by atoms with E-state index in [4.69, 9.17) is 0 Å². The Morgan fingerprint density at radius 2 is 1.57 bits per heavy atom. The summed E-state index contributed by atoms with van der Waals surface area (Å²) in [6, 6.07) is 19.3. The lowest BCUT2D eigenvalue weighted by atomic mass is 10.0. The van der Waals surface area contributed by atoms with E-state index in [9.17, 15) is 0 Å². The van der Waals surface area contributed by atoms with E-state index in [1.165, 1.54) is 40.5 Å². The Kier molecular flexibility index (Phi) is 5.68. The summed E-state index contributed by atoms with van der Waals surface area (Å²) < 4.78 is 0. The molecule has 0 bridgehead atoms. The van der Waals surface area contributed by atoms with E-state index < -0.39 is 0 Å². The lowest BCUT2D eigenvalue weighted by Crippen LogP contribution is -2.25. The van der Waals surface area contributed by atoms with Crippen molar-refractivity contribution in [2.24, 2.45) is 0 Å². The van der Waals surface area contributed by atoms with Crippen LogP contribution in [-0.4, -0.2) is 23.1 Å². The molecule has 0 aliphatic carbocycles. The van der Waals surface area contributed by atoms with Gasteiger partial charge >= 0.3 is 0 Å². The monoisotopic (exact) mass is 387 g/mol. The third-order valence-corrected chi connectivity index (χ3v) is 6.00. The highest BCUT2D eigenvalue weighted by molar-refractivity contribution is 7.17. The molecule has 0 spiro atoms. The zero-order valence-electron chi connectivity index (χ0n) is 16.4. The average Bonchev–Trinajstić information content (AvgIpc) is 3.20. The molecule has 3 nitrogen and oxygen atoms in total. The largest absolute Gasteiger partial charge is 0.356 e. The highest BCUT2D eigenvalue weighted by Gasteiger charge is 2.17. The van der Waals surface area contributed by atoms with Gasteiger partial charge in [0.15, 0.2) is 0 Å². The zero-order valence-corrected chi connectivity index (χ0v) is 17.2. The van der Waals surface area contributed by atoms with Crippen LogP contribution in [0.3, 0.4) is 0 Å². The Morgan fingerprint density at radius 1 is 0.857 bits per heavy atom. The summed E-state index contributed by atoms with van der Waals surface area (Å²) in [5.41, 5.74) is 4.92. The van der Waals surface area contributed by atoms with Crippen LogP contribution in [0.2, 0.25) is 0 Å². The van der Waals surface area contributed by atoms with Crippen LogP contribution in [0.4, 0.5) is 5.82 Å². The molecule has 0 aliphatic heterocycles. The van der Waals surface area contributed by atoms with Gasteiger partial charge in [-0.3, -0.25) is 0 Å². The first-order chi connectivity index (χ1) is 13.8. The predicted molar refractivity (Wildman–Crippen MR) is 121 cm³/mol. The second kappa shape index (κ2) is 8.53. The van der Waals surface area contributed by atoms with E-state index in [1.807, 2.05) is 0 Å². The smallest absolute Gasteiger partial charge is 0.141 e. The predicted octanol–water partition coefficient (Wildman–Crippen LogP) is 6.65. The molecule has 0 saturated carbocycles. The molecule has 2 aromatic heterocycles. The van der Waals surface area contributed by atoms with Gasteiger partial charge in [-0.25, -0.2) is 9.97 Å². The quantitative estimate of drug-likeness (QED) is 0.355. The molecule has 142 valence electrons. The third-order valence-electron chi connectivity index (χ3n) is 5.12. The number of nitrogens with zero attached hydrogens (tertiary/aromatic N) is 3. The number of anilines is 1. The van der Waals surface area contributed by atoms with Crippen LogP contribution in [0.15, 0.2) is 66.3 Å². The maximum atomic E-state index is 4.68. The van der Waals surface area contributed by atoms with E-state index in [0.717, 1.165) is 23.7 Å². The number of hydrogen-bond donors (Lipinski definition) is 0. The van der Waals surface area contributed by atoms with Crippen molar-refractivity contribution in [2.45, 2.75) is 26.7 Å². The van der Waals surface area contributed by atoms with E-state index in [0.29, 0.717) is 0 Å². The molecule has 0 atom stereocenters. The summed E-state index contributed by atoms with van der Waals surface area (Å²) in [6.45, 7) is 6.41. The van der Waals surface area contributed by atoms with Crippen LogP contribution in [0.25, 0.3) is 32.5 Å². The van der Waals surface area contributed by atoms with Crippen molar-refractivity contribution in [3.63, 3.8) is 0 Å². The molecule has 28 heavy (non-hydrogen) atoms.